The van der Waals surface area contributed by atoms with Crippen LogP contribution in [-0.4, -0.2) is 68.0 Å². The van der Waals surface area contributed by atoms with Gasteiger partial charge in [-0.25, -0.2) is 4.79 Å². The van der Waals surface area contributed by atoms with Crippen molar-refractivity contribution in [3.63, 3.8) is 0 Å². The summed E-state index contributed by atoms with van der Waals surface area (Å²) in [5.74, 6) is -1.51. The molecule has 2 unspecified atom stereocenters. The zero-order chi connectivity index (χ0) is 21.4. The van der Waals surface area contributed by atoms with Gasteiger partial charge in [-0.15, -0.1) is 0 Å². The van der Waals surface area contributed by atoms with Crippen LogP contribution in [0.3, 0.4) is 0 Å². The van der Waals surface area contributed by atoms with Gasteiger partial charge < -0.3 is 15.5 Å². The van der Waals surface area contributed by atoms with Crippen LogP contribution in [-0.2, 0) is 9.59 Å². The molecule has 26 heavy (non-hydrogen) atoms. The monoisotopic (exact) mass is 388 g/mol. The Morgan fingerprint density at radius 1 is 0.846 bits per heavy atom. The highest BCUT2D eigenvalue weighted by Crippen LogP contribution is 2.08. The number of hydrogen-bond acceptors (Lipinski definition) is 12. The number of piperidine rings is 1. The second kappa shape index (κ2) is 27.5. The van der Waals surface area contributed by atoms with Gasteiger partial charge in [0.1, 0.15) is 12.1 Å². The topological polar surface area (TPSA) is 248 Å². The second-order valence-electron chi connectivity index (χ2n) is 4.46. The van der Waals surface area contributed by atoms with E-state index in [1.54, 1.807) is 6.21 Å². The van der Waals surface area contributed by atoms with E-state index in [0.29, 0.717) is 6.42 Å². The van der Waals surface area contributed by atoms with E-state index in [1.165, 1.54) is 0 Å². The molecule has 2 aliphatic heterocycles. The Kier molecular flexibility index (Phi) is 33.1. The van der Waals surface area contributed by atoms with E-state index in [-0.39, 0.29) is 6.04 Å². The van der Waals surface area contributed by atoms with Crippen molar-refractivity contribution in [1.29, 1.82) is 0 Å². The highest BCUT2D eigenvalue weighted by atomic mass is 17.0. The van der Waals surface area contributed by atoms with Gasteiger partial charge in [0.25, 0.3) is 0 Å². The maximum atomic E-state index is 10.3. The van der Waals surface area contributed by atoms with Crippen LogP contribution < -0.4 is 5.32 Å². The van der Waals surface area contributed by atoms with Gasteiger partial charge in [0.2, 0.25) is 0 Å². The maximum Gasteiger partial charge on any atom is 0.328 e. The molecule has 7 N–H and O–H groups in total. The number of aliphatic imine (C=N–C) groups is 1. The lowest BCUT2D eigenvalue weighted by Gasteiger charge is -2.18. The largest absolute Gasteiger partial charge is 0.480 e. The van der Waals surface area contributed by atoms with Crippen molar-refractivity contribution in [3.8, 4) is 0 Å². The molecule has 14 heteroatoms. The highest BCUT2D eigenvalue weighted by molar-refractivity contribution is 5.76. The van der Waals surface area contributed by atoms with Gasteiger partial charge >= 0.3 is 11.9 Å². The Hall–Kier alpha value is -2.39. The number of aliphatic carboxylic acids is 2. The molecule has 0 radical (unpaired) electrons. The van der Waals surface area contributed by atoms with Crippen LogP contribution in [0.25, 0.3) is 0 Å². The van der Waals surface area contributed by atoms with Crippen LogP contribution in [0.15, 0.2) is 4.99 Å². The summed E-state index contributed by atoms with van der Waals surface area (Å²) in [6.45, 7) is 0.858. The van der Waals surface area contributed by atoms with Crippen molar-refractivity contribution < 1.29 is 40.8 Å². The van der Waals surface area contributed by atoms with E-state index in [1.807, 2.05) is 0 Å². The van der Waals surface area contributed by atoms with Crippen LogP contribution in [0.4, 0.5) is 0 Å². The fourth-order valence-corrected chi connectivity index (χ4v) is 1.93. The van der Waals surface area contributed by atoms with E-state index in [9.17, 15) is 9.59 Å². The molecule has 0 aromatic carbocycles. The molecule has 0 aliphatic carbocycles. The van der Waals surface area contributed by atoms with Crippen molar-refractivity contribution in [1.82, 2.24) is 5.32 Å². The Morgan fingerprint density at radius 3 is 1.62 bits per heavy atom. The molecule has 2 aliphatic rings. The highest BCUT2D eigenvalue weighted by Gasteiger charge is 2.18. The number of hydrogen-bond donors (Lipinski definition) is 7. The number of nitrogens with zero attached hydrogens (tertiary/aromatic N) is 1. The Balaban J connectivity index is -0.000000135. The van der Waals surface area contributed by atoms with Crippen LogP contribution >= 0.6 is 0 Å². The summed E-state index contributed by atoms with van der Waals surface area (Å²) in [6, 6.07) is -0.738. The minimum Gasteiger partial charge on any atom is -0.480 e. The van der Waals surface area contributed by atoms with Crippen molar-refractivity contribution in [3.05, 3.63) is 19.9 Å². The summed E-state index contributed by atoms with van der Waals surface area (Å²) in [5, 5.41) is 43.8. The smallest absolute Gasteiger partial charge is 0.328 e. The van der Waals surface area contributed by atoms with Gasteiger partial charge in [-0.1, -0.05) is 6.42 Å². The first-order valence-corrected chi connectivity index (χ1v) is 7.05. The summed E-state index contributed by atoms with van der Waals surface area (Å²) in [4.78, 5) is 52.3. The molecule has 0 aromatic heterocycles. The molecule has 2 atom stereocenters. The molecular formula is C12H24N2O12. The molecule has 0 saturated carbocycles. The predicted molar refractivity (Wildman–Crippen MR) is 91.0 cm³/mol. The van der Waals surface area contributed by atoms with Crippen LogP contribution in [0.5, 0.6) is 0 Å². The van der Waals surface area contributed by atoms with E-state index in [4.69, 9.17) is 51.1 Å². The number of carboxylic acids is 2. The minimum atomic E-state index is -0.800. The lowest BCUT2D eigenvalue weighted by Crippen LogP contribution is -2.40. The fourth-order valence-electron chi connectivity index (χ4n) is 1.93. The lowest BCUT2D eigenvalue weighted by atomic mass is 10.1. The standard InChI is InChI=1S/C6H11NO2.C6H9NO2.2H2O2.2O2/c2*8-6(9)5-3-1-2-4-7-5;4*1-2/h5,7H,1-4H2,(H,8,9);4-5H,1-3H2,(H,8,9);2*1-2H;;. The number of nitrogens with one attached hydrogen (secondary N) is 1. The number of carbonyl (C=O) groups is 2. The quantitative estimate of drug-likeness (QED) is 0.258. The first kappa shape index (κ1) is 31.4. The van der Waals surface area contributed by atoms with E-state index < -0.39 is 18.0 Å². The van der Waals surface area contributed by atoms with Crippen LogP contribution in [0, 0.1) is 19.9 Å². The summed E-state index contributed by atoms with van der Waals surface area (Å²) >= 11 is 0. The third kappa shape index (κ3) is 19.7. The summed E-state index contributed by atoms with van der Waals surface area (Å²) in [7, 11) is 0. The van der Waals surface area contributed by atoms with Crippen LogP contribution in [0.2, 0.25) is 0 Å². The van der Waals surface area contributed by atoms with Crippen molar-refractivity contribution in [2.45, 2.75) is 50.6 Å². The minimum absolute atomic E-state index is 0.279. The molecule has 2 rings (SSSR count). The van der Waals surface area contributed by atoms with Crippen LogP contribution in [0.1, 0.15) is 38.5 Å². The van der Waals surface area contributed by atoms with Gasteiger partial charge in [0.15, 0.2) is 0 Å². The SMILES string of the molecule is O=C(O)C1CCCC=N1.O=C(O)C1CCCCN1.O=O.O=O.OO.OO. The number of carboxylic acid groups (broad SMARTS) is 2. The Labute approximate surface area is 147 Å². The zero-order valence-electron chi connectivity index (χ0n) is 13.8. The maximum absolute atomic E-state index is 10.3. The van der Waals surface area contributed by atoms with E-state index in [2.05, 4.69) is 10.3 Å². The fraction of sp³-hybridized carbons (Fsp3) is 0.750. The molecule has 0 spiro atoms. The van der Waals surface area contributed by atoms with E-state index >= 15 is 0 Å². The summed E-state index contributed by atoms with van der Waals surface area (Å²) in [5.41, 5.74) is 0. The molecule has 154 valence electrons. The first-order valence-electron chi connectivity index (χ1n) is 7.05. The summed E-state index contributed by atoms with van der Waals surface area (Å²) < 4.78 is 0. The Morgan fingerprint density at radius 2 is 1.38 bits per heavy atom. The lowest BCUT2D eigenvalue weighted by molar-refractivity contribution is -0.176. The van der Waals surface area contributed by atoms with Crippen molar-refractivity contribution in [2.75, 3.05) is 6.54 Å². The zero-order valence-corrected chi connectivity index (χ0v) is 13.8. The van der Waals surface area contributed by atoms with Crippen molar-refractivity contribution >= 4 is 18.2 Å². The van der Waals surface area contributed by atoms with Gasteiger partial charge in [-0.2, -0.15) is 0 Å². The third-order valence-electron chi connectivity index (χ3n) is 2.99. The average Bonchev–Trinajstić information content (AvgIpc) is 2.75. The predicted octanol–water partition coefficient (Wildman–Crippen LogP) is 1.08. The Bertz CT molecular complexity index is 347. The summed E-state index contributed by atoms with van der Waals surface area (Å²) in [6.07, 6.45) is 7.24. The molecule has 14 nitrogen and oxygen atoms in total. The normalized spacial score (nSPS) is 19.4. The van der Waals surface area contributed by atoms with Gasteiger partial charge in [-0.3, -0.25) is 30.8 Å². The molecule has 0 amide bonds. The second-order valence-corrected chi connectivity index (χ2v) is 4.46. The molecule has 0 bridgehead atoms. The van der Waals surface area contributed by atoms with Gasteiger partial charge in [0, 0.05) is 19.9 Å². The van der Waals surface area contributed by atoms with Gasteiger partial charge in [0.05, 0.1) is 0 Å². The van der Waals surface area contributed by atoms with Crippen molar-refractivity contribution in [2.24, 2.45) is 4.99 Å². The molecule has 1 saturated heterocycles. The number of rotatable bonds is 2. The van der Waals surface area contributed by atoms with E-state index in [0.717, 1.165) is 38.6 Å². The van der Waals surface area contributed by atoms with Gasteiger partial charge in [-0.05, 0) is 44.9 Å². The average molecular weight is 388 g/mol. The molecule has 0 aromatic rings. The molecule has 1 fully saturated rings. The molecule has 2 heterocycles. The molecular weight excluding hydrogens is 364 g/mol. The third-order valence-corrected chi connectivity index (χ3v) is 2.99. The first-order chi connectivity index (χ1) is 12.6.